The Bertz CT molecular complexity index is 570. The number of benzene rings is 2. The van der Waals surface area contributed by atoms with Crippen LogP contribution >= 0.6 is 11.6 Å². The molecule has 0 saturated carbocycles. The highest BCUT2D eigenvalue weighted by Crippen LogP contribution is 2.21. The average Bonchev–Trinajstić information content (AvgIpc) is 2.34. The zero-order valence-electron chi connectivity index (χ0n) is 9.71. The van der Waals surface area contributed by atoms with E-state index in [9.17, 15) is 8.78 Å². The number of ether oxygens (including phenoxy) is 1. The fourth-order valence-corrected chi connectivity index (χ4v) is 1.63. The van der Waals surface area contributed by atoms with E-state index in [0.717, 1.165) is 5.56 Å². The van der Waals surface area contributed by atoms with Gasteiger partial charge in [-0.1, -0.05) is 23.7 Å². The Labute approximate surface area is 109 Å². The highest BCUT2D eigenvalue weighted by molar-refractivity contribution is 6.30. The molecule has 0 bridgehead atoms. The summed E-state index contributed by atoms with van der Waals surface area (Å²) in [5, 5.41) is 0.0560. The molecule has 0 spiro atoms. The summed E-state index contributed by atoms with van der Waals surface area (Å²) in [5.74, 6) is -0.789. The molecule has 0 aliphatic rings. The maximum Gasteiger partial charge on any atom is 0.165 e. The summed E-state index contributed by atoms with van der Waals surface area (Å²) in [7, 11) is 0. The molecular weight excluding hydrogens is 258 g/mol. The van der Waals surface area contributed by atoms with Crippen LogP contribution in [-0.2, 0) is 6.61 Å². The van der Waals surface area contributed by atoms with Crippen LogP contribution in [0, 0.1) is 18.6 Å². The molecule has 2 aromatic rings. The van der Waals surface area contributed by atoms with Gasteiger partial charge in [-0.05, 0) is 42.3 Å². The minimum absolute atomic E-state index is 0.0560. The molecule has 0 aliphatic heterocycles. The monoisotopic (exact) mass is 268 g/mol. The van der Waals surface area contributed by atoms with Crippen molar-refractivity contribution in [3.05, 3.63) is 64.2 Å². The molecule has 0 amide bonds. The largest absolute Gasteiger partial charge is 0.486 e. The molecule has 0 unspecified atom stereocenters. The van der Waals surface area contributed by atoms with Crippen molar-refractivity contribution < 1.29 is 13.5 Å². The van der Waals surface area contributed by atoms with Crippen LogP contribution in [0.1, 0.15) is 11.1 Å². The van der Waals surface area contributed by atoms with Gasteiger partial charge in [0.25, 0.3) is 0 Å². The van der Waals surface area contributed by atoms with Crippen molar-refractivity contribution in [1.29, 1.82) is 0 Å². The lowest BCUT2D eigenvalue weighted by atomic mass is 10.2. The molecule has 0 aromatic heterocycles. The molecule has 0 aliphatic carbocycles. The van der Waals surface area contributed by atoms with E-state index in [2.05, 4.69) is 0 Å². The third-order valence-electron chi connectivity index (χ3n) is 2.47. The van der Waals surface area contributed by atoms with Gasteiger partial charge in [-0.2, -0.15) is 0 Å². The van der Waals surface area contributed by atoms with E-state index >= 15 is 0 Å². The fourth-order valence-electron chi connectivity index (χ4n) is 1.51. The van der Waals surface area contributed by atoms with E-state index in [0.29, 0.717) is 5.56 Å². The summed E-state index contributed by atoms with van der Waals surface area (Å²) in [6.07, 6.45) is 0. The number of rotatable bonds is 3. The van der Waals surface area contributed by atoms with Crippen LogP contribution in [0.15, 0.2) is 36.4 Å². The average molecular weight is 269 g/mol. The summed E-state index contributed by atoms with van der Waals surface area (Å²) >= 11 is 5.57. The number of halogens is 3. The first kappa shape index (κ1) is 12.8. The Morgan fingerprint density at radius 2 is 1.83 bits per heavy atom. The molecule has 94 valence electrons. The van der Waals surface area contributed by atoms with Crippen molar-refractivity contribution in [2.75, 3.05) is 0 Å². The van der Waals surface area contributed by atoms with Crippen molar-refractivity contribution >= 4 is 11.6 Å². The quantitative estimate of drug-likeness (QED) is 0.796. The fraction of sp³-hybridized carbons (Fsp3) is 0.143. The van der Waals surface area contributed by atoms with Crippen molar-refractivity contribution in [3.8, 4) is 5.75 Å². The molecule has 0 atom stereocenters. The lowest BCUT2D eigenvalue weighted by molar-refractivity contribution is 0.289. The summed E-state index contributed by atoms with van der Waals surface area (Å²) < 4.78 is 31.9. The lowest BCUT2D eigenvalue weighted by Gasteiger charge is -2.08. The van der Waals surface area contributed by atoms with Gasteiger partial charge in [-0.15, -0.1) is 0 Å². The summed E-state index contributed by atoms with van der Waals surface area (Å²) in [4.78, 5) is 0. The van der Waals surface area contributed by atoms with E-state index in [1.54, 1.807) is 18.2 Å². The van der Waals surface area contributed by atoms with Gasteiger partial charge >= 0.3 is 0 Å². The SMILES string of the molecule is Cc1ccc(F)c(OCc2ccc(Cl)c(F)c2)c1. The summed E-state index contributed by atoms with van der Waals surface area (Å²) in [6.45, 7) is 1.93. The summed E-state index contributed by atoms with van der Waals surface area (Å²) in [5.41, 5.74) is 1.49. The normalized spacial score (nSPS) is 10.4. The minimum Gasteiger partial charge on any atom is -0.486 e. The topological polar surface area (TPSA) is 9.23 Å². The van der Waals surface area contributed by atoms with E-state index in [1.807, 2.05) is 6.92 Å². The molecule has 2 rings (SSSR count). The Hall–Kier alpha value is -1.61. The van der Waals surface area contributed by atoms with Gasteiger partial charge in [-0.3, -0.25) is 0 Å². The van der Waals surface area contributed by atoms with Gasteiger partial charge in [0.05, 0.1) is 5.02 Å². The number of hydrogen-bond donors (Lipinski definition) is 0. The second-order valence-corrected chi connectivity index (χ2v) is 4.38. The molecule has 4 heteroatoms. The van der Waals surface area contributed by atoms with Gasteiger partial charge in [0.1, 0.15) is 12.4 Å². The molecular formula is C14H11ClF2O. The molecule has 1 nitrogen and oxygen atoms in total. The summed E-state index contributed by atoms with van der Waals surface area (Å²) in [6, 6.07) is 8.95. The molecule has 0 radical (unpaired) electrons. The second kappa shape index (κ2) is 5.36. The molecule has 0 fully saturated rings. The van der Waals surface area contributed by atoms with Gasteiger partial charge in [-0.25, -0.2) is 8.78 Å². The van der Waals surface area contributed by atoms with Crippen molar-refractivity contribution in [1.82, 2.24) is 0 Å². The number of hydrogen-bond acceptors (Lipinski definition) is 1. The molecule has 0 N–H and O–H groups in total. The van der Waals surface area contributed by atoms with E-state index in [4.69, 9.17) is 16.3 Å². The third kappa shape index (κ3) is 2.99. The minimum atomic E-state index is -0.512. The maximum atomic E-state index is 13.4. The molecule has 0 heterocycles. The van der Waals surface area contributed by atoms with Gasteiger partial charge in [0, 0.05) is 0 Å². The first-order chi connectivity index (χ1) is 8.56. The van der Waals surface area contributed by atoms with Gasteiger partial charge in [0.15, 0.2) is 11.6 Å². The Morgan fingerprint density at radius 1 is 1.06 bits per heavy atom. The maximum absolute atomic E-state index is 13.4. The van der Waals surface area contributed by atoms with Crippen LogP contribution in [0.2, 0.25) is 5.02 Å². The predicted molar refractivity (Wildman–Crippen MR) is 66.9 cm³/mol. The van der Waals surface area contributed by atoms with Gasteiger partial charge < -0.3 is 4.74 Å². The molecule has 18 heavy (non-hydrogen) atoms. The smallest absolute Gasteiger partial charge is 0.165 e. The van der Waals surface area contributed by atoms with Crippen LogP contribution in [0.4, 0.5) is 8.78 Å². The van der Waals surface area contributed by atoms with E-state index < -0.39 is 11.6 Å². The Kier molecular flexibility index (Phi) is 3.82. The lowest BCUT2D eigenvalue weighted by Crippen LogP contribution is -1.98. The van der Waals surface area contributed by atoms with Crippen LogP contribution < -0.4 is 4.74 Å². The van der Waals surface area contributed by atoms with Crippen molar-refractivity contribution in [3.63, 3.8) is 0 Å². The standard InChI is InChI=1S/C14H11ClF2O/c1-9-2-5-12(16)14(6-9)18-8-10-3-4-11(15)13(17)7-10/h2-7H,8H2,1H3. The Balaban J connectivity index is 2.11. The van der Waals surface area contributed by atoms with Crippen LogP contribution in [0.5, 0.6) is 5.75 Å². The second-order valence-electron chi connectivity index (χ2n) is 3.97. The highest BCUT2D eigenvalue weighted by atomic mass is 35.5. The van der Waals surface area contributed by atoms with Crippen LogP contribution in [-0.4, -0.2) is 0 Å². The van der Waals surface area contributed by atoms with Crippen LogP contribution in [0.25, 0.3) is 0 Å². The zero-order valence-corrected chi connectivity index (χ0v) is 10.5. The van der Waals surface area contributed by atoms with E-state index in [-0.39, 0.29) is 17.4 Å². The molecule has 0 saturated heterocycles. The van der Waals surface area contributed by atoms with Crippen LogP contribution in [0.3, 0.4) is 0 Å². The zero-order chi connectivity index (χ0) is 13.1. The highest BCUT2D eigenvalue weighted by Gasteiger charge is 2.05. The first-order valence-corrected chi connectivity index (χ1v) is 5.77. The van der Waals surface area contributed by atoms with Crippen molar-refractivity contribution in [2.45, 2.75) is 13.5 Å². The first-order valence-electron chi connectivity index (χ1n) is 5.39. The third-order valence-corrected chi connectivity index (χ3v) is 2.77. The number of aryl methyl sites for hydroxylation is 1. The molecule has 2 aromatic carbocycles. The van der Waals surface area contributed by atoms with E-state index in [1.165, 1.54) is 18.2 Å². The Morgan fingerprint density at radius 3 is 2.56 bits per heavy atom. The predicted octanol–water partition coefficient (Wildman–Crippen LogP) is 4.51. The van der Waals surface area contributed by atoms with Crippen molar-refractivity contribution in [2.24, 2.45) is 0 Å². The van der Waals surface area contributed by atoms with Gasteiger partial charge in [0.2, 0.25) is 0 Å².